The number of amides is 2. The average molecular weight is 412 g/mol. The van der Waals surface area contributed by atoms with E-state index in [0.29, 0.717) is 21.4 Å². The molecule has 8 heteroatoms. The van der Waals surface area contributed by atoms with Gasteiger partial charge in [-0.2, -0.15) is 0 Å². The Labute approximate surface area is 166 Å². The van der Waals surface area contributed by atoms with Gasteiger partial charge < -0.3 is 15.5 Å². The minimum Gasteiger partial charge on any atom is -0.347 e. The number of rotatable bonds is 6. The number of carbonyl (C=O) groups is 2. The van der Waals surface area contributed by atoms with Crippen LogP contribution in [0.3, 0.4) is 0 Å². The lowest BCUT2D eigenvalue weighted by molar-refractivity contribution is -0.116. The molecule has 0 saturated heterocycles. The molecule has 2 N–H and O–H groups in total. The van der Waals surface area contributed by atoms with Crippen molar-refractivity contribution >= 4 is 51.1 Å². The van der Waals surface area contributed by atoms with Gasteiger partial charge in [0.25, 0.3) is 5.91 Å². The third kappa shape index (κ3) is 4.65. The van der Waals surface area contributed by atoms with E-state index in [1.807, 2.05) is 31.1 Å². The molecule has 0 bridgehead atoms. The zero-order valence-electron chi connectivity index (χ0n) is 14.9. The molecule has 3 rings (SSSR count). The normalized spacial score (nSPS) is 13.5. The monoisotopic (exact) mass is 411 g/mol. The second-order valence-electron chi connectivity index (χ2n) is 6.59. The number of hydrogen-bond donors (Lipinski definition) is 2. The maximum atomic E-state index is 12.9. The summed E-state index contributed by atoms with van der Waals surface area (Å²) in [6.07, 6.45) is 4.08. The number of halogens is 1. The Morgan fingerprint density at radius 2 is 1.96 bits per heavy atom. The van der Waals surface area contributed by atoms with Gasteiger partial charge in [-0.3, -0.25) is 9.59 Å². The van der Waals surface area contributed by atoms with E-state index in [0.717, 1.165) is 36.1 Å². The fourth-order valence-electron chi connectivity index (χ4n) is 3.05. The topological polar surface area (TPSA) is 61.4 Å². The summed E-state index contributed by atoms with van der Waals surface area (Å²) in [6.45, 7) is 0.725. The molecule has 0 fully saturated rings. The van der Waals surface area contributed by atoms with Gasteiger partial charge in [0, 0.05) is 9.75 Å². The van der Waals surface area contributed by atoms with Gasteiger partial charge in [0.1, 0.15) is 5.00 Å². The lowest BCUT2D eigenvalue weighted by atomic mass is 9.95. The Balaban J connectivity index is 1.79. The first-order valence-electron chi connectivity index (χ1n) is 8.55. The summed E-state index contributed by atoms with van der Waals surface area (Å²) in [5.74, 6) is -0.234. The zero-order valence-corrected chi connectivity index (χ0v) is 17.2. The SMILES string of the molecule is CN(C)CC(=O)Nc1sc2c(c1C(=O)NCc1ccc(Cl)s1)CCCC2. The number of anilines is 1. The van der Waals surface area contributed by atoms with Crippen LogP contribution in [0.1, 0.15) is 38.5 Å². The smallest absolute Gasteiger partial charge is 0.254 e. The molecule has 0 aromatic carbocycles. The molecule has 1 aliphatic rings. The van der Waals surface area contributed by atoms with E-state index in [-0.39, 0.29) is 18.4 Å². The van der Waals surface area contributed by atoms with E-state index in [2.05, 4.69) is 10.6 Å². The van der Waals surface area contributed by atoms with Crippen LogP contribution in [0.2, 0.25) is 4.34 Å². The molecule has 0 saturated carbocycles. The van der Waals surface area contributed by atoms with Crippen molar-refractivity contribution in [2.24, 2.45) is 0 Å². The Bertz CT molecular complexity index is 813. The van der Waals surface area contributed by atoms with Crippen LogP contribution >= 0.6 is 34.3 Å². The first-order chi connectivity index (χ1) is 12.4. The molecule has 2 aromatic rings. The van der Waals surface area contributed by atoms with Crippen LogP contribution in [0.4, 0.5) is 5.00 Å². The summed E-state index contributed by atoms with van der Waals surface area (Å²) in [6, 6.07) is 3.74. The van der Waals surface area contributed by atoms with Gasteiger partial charge in [0.05, 0.1) is 23.0 Å². The second kappa shape index (κ2) is 8.52. The van der Waals surface area contributed by atoms with Gasteiger partial charge in [-0.15, -0.1) is 22.7 Å². The number of hydrogen-bond acceptors (Lipinski definition) is 5. The minimum atomic E-state index is -0.130. The van der Waals surface area contributed by atoms with E-state index in [1.54, 1.807) is 11.3 Å². The van der Waals surface area contributed by atoms with E-state index >= 15 is 0 Å². The van der Waals surface area contributed by atoms with E-state index in [4.69, 9.17) is 11.6 Å². The molecule has 0 radical (unpaired) electrons. The highest BCUT2D eigenvalue weighted by atomic mass is 35.5. The molecule has 0 unspecified atom stereocenters. The fraction of sp³-hybridized carbons (Fsp3) is 0.444. The number of fused-ring (bicyclic) bond motifs is 1. The third-order valence-electron chi connectivity index (χ3n) is 4.16. The molecule has 0 atom stereocenters. The maximum Gasteiger partial charge on any atom is 0.254 e. The van der Waals surface area contributed by atoms with E-state index in [1.165, 1.54) is 16.2 Å². The van der Waals surface area contributed by atoms with E-state index < -0.39 is 0 Å². The van der Waals surface area contributed by atoms with Crippen molar-refractivity contribution in [3.8, 4) is 0 Å². The first-order valence-corrected chi connectivity index (χ1v) is 10.6. The van der Waals surface area contributed by atoms with Gasteiger partial charge >= 0.3 is 0 Å². The van der Waals surface area contributed by atoms with Crippen LogP contribution in [0.25, 0.3) is 0 Å². The molecular formula is C18H22ClN3O2S2. The van der Waals surface area contributed by atoms with Gasteiger partial charge in [-0.25, -0.2) is 0 Å². The molecular weight excluding hydrogens is 390 g/mol. The summed E-state index contributed by atoms with van der Waals surface area (Å²) in [5.41, 5.74) is 1.74. The molecule has 0 spiro atoms. The lowest BCUT2D eigenvalue weighted by Gasteiger charge is -2.13. The third-order valence-corrected chi connectivity index (χ3v) is 6.60. The Morgan fingerprint density at radius 1 is 1.19 bits per heavy atom. The fourth-order valence-corrected chi connectivity index (χ4v) is 5.38. The number of carbonyl (C=O) groups excluding carboxylic acids is 2. The van der Waals surface area contributed by atoms with Crippen LogP contribution in [-0.4, -0.2) is 37.4 Å². The summed E-state index contributed by atoms with van der Waals surface area (Å²) >= 11 is 8.95. The number of likely N-dealkylation sites (N-methyl/N-ethyl adjacent to an activating group) is 1. The summed E-state index contributed by atoms with van der Waals surface area (Å²) in [5, 5.41) is 6.59. The molecule has 2 amide bonds. The van der Waals surface area contributed by atoms with Crippen molar-refractivity contribution in [2.45, 2.75) is 32.2 Å². The van der Waals surface area contributed by atoms with Crippen molar-refractivity contribution in [1.82, 2.24) is 10.2 Å². The quantitative estimate of drug-likeness (QED) is 0.760. The van der Waals surface area contributed by atoms with E-state index in [9.17, 15) is 9.59 Å². The largest absolute Gasteiger partial charge is 0.347 e. The van der Waals surface area contributed by atoms with Crippen LogP contribution in [-0.2, 0) is 24.2 Å². The van der Waals surface area contributed by atoms with Gasteiger partial charge in [0.2, 0.25) is 5.91 Å². The Hall–Kier alpha value is -1.41. The summed E-state index contributed by atoms with van der Waals surface area (Å²) in [4.78, 5) is 29.1. The molecule has 0 aliphatic heterocycles. The highest BCUT2D eigenvalue weighted by Gasteiger charge is 2.26. The Morgan fingerprint density at radius 3 is 2.65 bits per heavy atom. The minimum absolute atomic E-state index is 0.104. The standard InChI is InChI=1S/C18H22ClN3O2S2/c1-22(2)10-15(23)21-18-16(12-5-3-4-6-13(12)26-18)17(24)20-9-11-7-8-14(19)25-11/h7-8H,3-6,9-10H2,1-2H3,(H,20,24)(H,21,23). The molecule has 2 aromatic heterocycles. The summed E-state index contributed by atoms with van der Waals surface area (Å²) < 4.78 is 0.707. The number of thiophene rings is 2. The van der Waals surface area contributed by atoms with Crippen LogP contribution < -0.4 is 10.6 Å². The van der Waals surface area contributed by atoms with Gasteiger partial charge in [0.15, 0.2) is 0 Å². The van der Waals surface area contributed by atoms with Crippen molar-refractivity contribution in [3.05, 3.63) is 37.4 Å². The summed E-state index contributed by atoms with van der Waals surface area (Å²) in [7, 11) is 3.69. The lowest BCUT2D eigenvalue weighted by Crippen LogP contribution is -2.29. The van der Waals surface area contributed by atoms with Crippen molar-refractivity contribution in [3.63, 3.8) is 0 Å². The molecule has 140 valence electrons. The Kier molecular flexibility index (Phi) is 6.34. The van der Waals surface area contributed by atoms with Crippen LogP contribution in [0.5, 0.6) is 0 Å². The highest BCUT2D eigenvalue weighted by molar-refractivity contribution is 7.17. The molecule has 1 aliphatic carbocycles. The maximum absolute atomic E-state index is 12.9. The number of aryl methyl sites for hydroxylation is 1. The zero-order chi connectivity index (χ0) is 18.7. The second-order valence-corrected chi connectivity index (χ2v) is 9.49. The molecule has 5 nitrogen and oxygen atoms in total. The number of nitrogens with zero attached hydrogens (tertiary/aromatic N) is 1. The molecule has 2 heterocycles. The van der Waals surface area contributed by atoms with Crippen molar-refractivity contribution in [1.29, 1.82) is 0 Å². The highest BCUT2D eigenvalue weighted by Crippen LogP contribution is 2.38. The molecule has 26 heavy (non-hydrogen) atoms. The van der Waals surface area contributed by atoms with Gasteiger partial charge in [-0.05, 0) is 57.5 Å². The first kappa shape index (κ1) is 19.4. The predicted octanol–water partition coefficient (Wildman–Crippen LogP) is 3.77. The van der Waals surface area contributed by atoms with Crippen molar-refractivity contribution < 1.29 is 9.59 Å². The van der Waals surface area contributed by atoms with Gasteiger partial charge in [-0.1, -0.05) is 11.6 Å². The van der Waals surface area contributed by atoms with Crippen molar-refractivity contribution in [2.75, 3.05) is 26.0 Å². The number of nitrogens with one attached hydrogen (secondary N) is 2. The van der Waals surface area contributed by atoms with Crippen LogP contribution in [0.15, 0.2) is 12.1 Å². The predicted molar refractivity (Wildman–Crippen MR) is 109 cm³/mol. The average Bonchev–Trinajstić information content (AvgIpc) is 3.14. The van der Waals surface area contributed by atoms with Crippen LogP contribution in [0, 0.1) is 0 Å².